The van der Waals surface area contributed by atoms with Crippen LogP contribution in [0.25, 0.3) is 0 Å². The molecule has 1 rings (SSSR count). The fourth-order valence-corrected chi connectivity index (χ4v) is 0.800. The minimum absolute atomic E-state index is 0.0486. The predicted molar refractivity (Wildman–Crippen MR) is 34.1 cm³/mol. The number of aliphatic hydroxyl groups is 1. The smallest absolute Gasteiger partial charge is 0.341 e. The van der Waals surface area contributed by atoms with Crippen LogP contribution in [0.15, 0.2) is 4.52 Å². The lowest BCUT2D eigenvalue weighted by molar-refractivity contribution is 0.0692. The number of hydrogen-bond donors (Lipinski definition) is 2. The summed E-state index contributed by atoms with van der Waals surface area (Å²) in [5.74, 6) is -0.922. The SMILES string of the molecule is Cc1onc(CO)c1C(=O)O. The highest BCUT2D eigenvalue weighted by Gasteiger charge is 2.17. The lowest BCUT2D eigenvalue weighted by Gasteiger charge is -1.89. The first-order valence-electron chi connectivity index (χ1n) is 2.96. The van der Waals surface area contributed by atoms with Crippen molar-refractivity contribution in [2.24, 2.45) is 0 Å². The maximum absolute atomic E-state index is 10.5. The standard InChI is InChI=1S/C6H7NO4/c1-3-5(6(9)10)4(2-8)7-11-3/h8H,2H2,1H3,(H,9,10). The molecule has 0 aliphatic carbocycles. The lowest BCUT2D eigenvalue weighted by Crippen LogP contribution is -2.01. The third kappa shape index (κ3) is 1.22. The molecule has 5 nitrogen and oxygen atoms in total. The number of rotatable bonds is 2. The Hall–Kier alpha value is -1.36. The summed E-state index contributed by atoms with van der Waals surface area (Å²) >= 11 is 0. The number of nitrogens with zero attached hydrogens (tertiary/aromatic N) is 1. The van der Waals surface area contributed by atoms with Gasteiger partial charge in [0, 0.05) is 0 Å². The molecule has 11 heavy (non-hydrogen) atoms. The maximum Gasteiger partial charge on any atom is 0.341 e. The first kappa shape index (κ1) is 7.74. The van der Waals surface area contributed by atoms with Gasteiger partial charge in [0.05, 0.1) is 6.61 Å². The second kappa shape index (κ2) is 2.71. The highest BCUT2D eigenvalue weighted by Crippen LogP contribution is 2.12. The third-order valence-corrected chi connectivity index (χ3v) is 1.30. The Morgan fingerprint density at radius 2 is 2.36 bits per heavy atom. The van der Waals surface area contributed by atoms with Crippen LogP contribution >= 0.6 is 0 Å². The summed E-state index contributed by atoms with van der Waals surface area (Å²) in [7, 11) is 0. The van der Waals surface area contributed by atoms with E-state index < -0.39 is 12.6 Å². The highest BCUT2D eigenvalue weighted by atomic mass is 16.5. The lowest BCUT2D eigenvalue weighted by atomic mass is 10.2. The van der Waals surface area contributed by atoms with Crippen molar-refractivity contribution in [2.75, 3.05) is 0 Å². The number of aromatic carboxylic acids is 1. The van der Waals surface area contributed by atoms with E-state index in [0.29, 0.717) is 0 Å². The Morgan fingerprint density at radius 1 is 1.73 bits per heavy atom. The van der Waals surface area contributed by atoms with E-state index in [2.05, 4.69) is 9.68 Å². The average molecular weight is 157 g/mol. The zero-order valence-electron chi connectivity index (χ0n) is 5.87. The molecule has 0 bridgehead atoms. The van der Waals surface area contributed by atoms with E-state index >= 15 is 0 Å². The van der Waals surface area contributed by atoms with Crippen molar-refractivity contribution in [2.45, 2.75) is 13.5 Å². The fourth-order valence-electron chi connectivity index (χ4n) is 0.800. The topological polar surface area (TPSA) is 83.6 Å². The summed E-state index contributed by atoms with van der Waals surface area (Å²) < 4.78 is 4.56. The number of aryl methyl sites for hydroxylation is 1. The van der Waals surface area contributed by atoms with Crippen LogP contribution < -0.4 is 0 Å². The first-order chi connectivity index (χ1) is 5.16. The largest absolute Gasteiger partial charge is 0.477 e. The van der Waals surface area contributed by atoms with Crippen LogP contribution in [0, 0.1) is 6.92 Å². The summed E-state index contributed by atoms with van der Waals surface area (Å²) in [6, 6.07) is 0. The van der Waals surface area contributed by atoms with Crippen LogP contribution in [0.4, 0.5) is 0 Å². The molecular formula is C6H7NO4. The van der Waals surface area contributed by atoms with Gasteiger partial charge in [0.2, 0.25) is 0 Å². The Bertz CT molecular complexity index is 278. The molecule has 0 amide bonds. The van der Waals surface area contributed by atoms with Crippen LogP contribution in [0.3, 0.4) is 0 Å². The molecular weight excluding hydrogens is 150 g/mol. The van der Waals surface area contributed by atoms with Crippen LogP contribution in [-0.4, -0.2) is 21.3 Å². The Balaban J connectivity index is 3.17. The van der Waals surface area contributed by atoms with E-state index in [1.165, 1.54) is 6.92 Å². The summed E-state index contributed by atoms with van der Waals surface area (Å²) in [6.07, 6.45) is 0. The molecule has 0 spiro atoms. The molecule has 0 saturated carbocycles. The van der Waals surface area contributed by atoms with Crippen molar-refractivity contribution in [3.05, 3.63) is 17.0 Å². The predicted octanol–water partition coefficient (Wildman–Crippen LogP) is 0.174. The second-order valence-corrected chi connectivity index (χ2v) is 2.02. The van der Waals surface area contributed by atoms with Crippen molar-refractivity contribution >= 4 is 5.97 Å². The van der Waals surface area contributed by atoms with E-state index in [9.17, 15) is 4.79 Å². The zero-order valence-corrected chi connectivity index (χ0v) is 5.87. The molecule has 1 heterocycles. The Labute approximate surface area is 62.2 Å². The number of hydrogen-bond acceptors (Lipinski definition) is 4. The van der Waals surface area contributed by atoms with E-state index in [-0.39, 0.29) is 17.0 Å². The molecule has 0 unspecified atom stereocenters. The van der Waals surface area contributed by atoms with E-state index in [1.807, 2.05) is 0 Å². The average Bonchev–Trinajstić information content (AvgIpc) is 2.30. The Morgan fingerprint density at radius 3 is 2.73 bits per heavy atom. The molecule has 60 valence electrons. The van der Waals surface area contributed by atoms with Gasteiger partial charge in [-0.05, 0) is 6.92 Å². The van der Waals surface area contributed by atoms with Gasteiger partial charge in [-0.25, -0.2) is 4.79 Å². The minimum atomic E-state index is -1.13. The van der Waals surface area contributed by atoms with Gasteiger partial charge in [0.25, 0.3) is 0 Å². The molecule has 0 saturated heterocycles. The summed E-state index contributed by atoms with van der Waals surface area (Å²) in [6.45, 7) is 1.06. The van der Waals surface area contributed by atoms with Crippen molar-refractivity contribution in [3.63, 3.8) is 0 Å². The molecule has 0 fully saturated rings. The van der Waals surface area contributed by atoms with Gasteiger partial charge >= 0.3 is 5.97 Å². The second-order valence-electron chi connectivity index (χ2n) is 2.02. The quantitative estimate of drug-likeness (QED) is 0.639. The molecule has 1 aromatic heterocycles. The van der Waals surface area contributed by atoms with Crippen LogP contribution in [-0.2, 0) is 6.61 Å². The van der Waals surface area contributed by atoms with Gasteiger partial charge in [0.1, 0.15) is 17.0 Å². The van der Waals surface area contributed by atoms with Gasteiger partial charge in [0.15, 0.2) is 0 Å². The molecule has 0 aromatic carbocycles. The van der Waals surface area contributed by atoms with Crippen molar-refractivity contribution < 1.29 is 19.5 Å². The molecule has 1 aromatic rings. The highest BCUT2D eigenvalue weighted by molar-refractivity contribution is 5.89. The van der Waals surface area contributed by atoms with Crippen LogP contribution in [0.2, 0.25) is 0 Å². The molecule has 0 aliphatic rings. The minimum Gasteiger partial charge on any atom is -0.477 e. The fraction of sp³-hybridized carbons (Fsp3) is 0.333. The Kier molecular flexibility index (Phi) is 1.91. The molecule has 0 aliphatic heterocycles. The van der Waals surface area contributed by atoms with Crippen molar-refractivity contribution in [1.82, 2.24) is 5.16 Å². The van der Waals surface area contributed by atoms with Gasteiger partial charge < -0.3 is 14.7 Å². The van der Waals surface area contributed by atoms with E-state index in [1.54, 1.807) is 0 Å². The summed E-state index contributed by atoms with van der Waals surface area (Å²) in [5, 5.41) is 20.5. The van der Waals surface area contributed by atoms with Crippen molar-refractivity contribution in [3.8, 4) is 0 Å². The van der Waals surface area contributed by atoms with Crippen LogP contribution in [0.1, 0.15) is 21.8 Å². The van der Waals surface area contributed by atoms with Gasteiger partial charge in [-0.15, -0.1) is 0 Å². The van der Waals surface area contributed by atoms with Gasteiger partial charge in [-0.2, -0.15) is 0 Å². The first-order valence-corrected chi connectivity index (χ1v) is 2.96. The molecule has 5 heteroatoms. The number of aliphatic hydroxyl groups excluding tert-OH is 1. The summed E-state index contributed by atoms with van der Waals surface area (Å²) in [5.41, 5.74) is 0.0162. The number of carboxylic acids is 1. The van der Waals surface area contributed by atoms with Gasteiger partial charge in [-0.1, -0.05) is 5.16 Å². The number of carbonyl (C=O) groups is 1. The number of aromatic nitrogens is 1. The third-order valence-electron chi connectivity index (χ3n) is 1.30. The van der Waals surface area contributed by atoms with E-state index in [4.69, 9.17) is 10.2 Å². The summed E-state index contributed by atoms with van der Waals surface area (Å²) in [4.78, 5) is 10.5. The van der Waals surface area contributed by atoms with E-state index in [0.717, 1.165) is 0 Å². The molecule has 2 N–H and O–H groups in total. The molecule has 0 radical (unpaired) electrons. The molecule has 0 atom stereocenters. The zero-order chi connectivity index (χ0) is 8.43. The van der Waals surface area contributed by atoms with Gasteiger partial charge in [-0.3, -0.25) is 0 Å². The normalized spacial score (nSPS) is 10.0. The maximum atomic E-state index is 10.5. The number of carboxylic acid groups (broad SMARTS) is 1. The monoisotopic (exact) mass is 157 g/mol. The van der Waals surface area contributed by atoms with Crippen molar-refractivity contribution in [1.29, 1.82) is 0 Å². The van der Waals surface area contributed by atoms with Crippen LogP contribution in [0.5, 0.6) is 0 Å².